The zero-order valence-corrected chi connectivity index (χ0v) is 9.97. The summed E-state index contributed by atoms with van der Waals surface area (Å²) in [7, 11) is 1.65. The van der Waals surface area contributed by atoms with E-state index >= 15 is 0 Å². The monoisotopic (exact) mass is 231 g/mol. The Bertz CT molecular complexity index is 606. The highest BCUT2D eigenvalue weighted by atomic mass is 16.5. The highest BCUT2D eigenvalue weighted by molar-refractivity contribution is 5.41. The minimum atomic E-state index is -0.471. The molecule has 0 atom stereocenters. The molecular formula is C12H13N3O2. The smallest absolute Gasteiger partial charge is 0.334 e. The summed E-state index contributed by atoms with van der Waals surface area (Å²) in [6, 6.07) is 7.57. The van der Waals surface area contributed by atoms with E-state index in [2.05, 4.69) is 10.2 Å². The first-order valence-corrected chi connectivity index (χ1v) is 5.23. The van der Waals surface area contributed by atoms with Crippen LogP contribution < -0.4 is 5.63 Å². The maximum Gasteiger partial charge on any atom is 0.385 e. The van der Waals surface area contributed by atoms with E-state index in [0.29, 0.717) is 11.4 Å². The lowest BCUT2D eigenvalue weighted by Crippen LogP contribution is -1.91. The molecule has 1 aromatic carbocycles. The number of aryl methyl sites for hydroxylation is 2. The molecule has 0 radical (unpaired) electrons. The van der Waals surface area contributed by atoms with Crippen LogP contribution in [0, 0.1) is 13.8 Å². The van der Waals surface area contributed by atoms with Crippen LogP contribution in [-0.4, -0.2) is 4.74 Å². The van der Waals surface area contributed by atoms with Crippen LogP contribution in [-0.2, 0) is 7.05 Å². The van der Waals surface area contributed by atoms with Gasteiger partial charge in [-0.25, -0.2) is 9.53 Å². The molecule has 1 aromatic heterocycles. The second kappa shape index (κ2) is 4.37. The molecule has 0 amide bonds. The molecule has 5 nitrogen and oxygen atoms in total. The van der Waals surface area contributed by atoms with Crippen molar-refractivity contribution < 1.29 is 4.52 Å². The quantitative estimate of drug-likeness (QED) is 0.746. The summed E-state index contributed by atoms with van der Waals surface area (Å²) < 4.78 is 6.24. The SMILES string of the molecule is Cc1ccc(N=Nc2c(C)n(C)oc2=O)cc1. The van der Waals surface area contributed by atoms with Crippen molar-refractivity contribution in [2.75, 3.05) is 0 Å². The lowest BCUT2D eigenvalue weighted by molar-refractivity contribution is 0.280. The van der Waals surface area contributed by atoms with Crippen molar-refractivity contribution in [3.63, 3.8) is 0 Å². The zero-order valence-electron chi connectivity index (χ0n) is 9.97. The molecule has 0 bridgehead atoms. The van der Waals surface area contributed by atoms with E-state index in [1.807, 2.05) is 31.2 Å². The predicted molar refractivity (Wildman–Crippen MR) is 64.0 cm³/mol. The first-order chi connectivity index (χ1) is 8.08. The lowest BCUT2D eigenvalue weighted by Gasteiger charge is -1.93. The number of rotatable bonds is 2. The average Bonchev–Trinajstić information content (AvgIpc) is 2.54. The molecule has 88 valence electrons. The molecule has 0 aliphatic rings. The molecular weight excluding hydrogens is 218 g/mol. The Hall–Kier alpha value is -2.17. The van der Waals surface area contributed by atoms with Crippen molar-refractivity contribution >= 4 is 11.4 Å². The van der Waals surface area contributed by atoms with Gasteiger partial charge >= 0.3 is 5.63 Å². The van der Waals surface area contributed by atoms with Crippen molar-refractivity contribution in [2.24, 2.45) is 17.3 Å². The van der Waals surface area contributed by atoms with Crippen LogP contribution in [0.3, 0.4) is 0 Å². The molecule has 2 rings (SSSR count). The Morgan fingerprint density at radius 1 is 1.12 bits per heavy atom. The zero-order chi connectivity index (χ0) is 12.4. The van der Waals surface area contributed by atoms with Gasteiger partial charge in [-0.2, -0.15) is 5.11 Å². The number of aromatic nitrogens is 1. The van der Waals surface area contributed by atoms with Gasteiger partial charge in [0.15, 0.2) is 5.69 Å². The van der Waals surface area contributed by atoms with Gasteiger partial charge in [-0.05, 0) is 26.0 Å². The van der Waals surface area contributed by atoms with Gasteiger partial charge in [0.2, 0.25) is 0 Å². The van der Waals surface area contributed by atoms with Gasteiger partial charge in [0.05, 0.1) is 11.4 Å². The van der Waals surface area contributed by atoms with Gasteiger partial charge in [0.1, 0.15) is 0 Å². The minimum absolute atomic E-state index is 0.244. The van der Waals surface area contributed by atoms with Crippen LogP contribution in [0.5, 0.6) is 0 Å². The van der Waals surface area contributed by atoms with Crippen LogP contribution in [0.2, 0.25) is 0 Å². The molecule has 0 spiro atoms. The van der Waals surface area contributed by atoms with E-state index in [4.69, 9.17) is 4.52 Å². The Morgan fingerprint density at radius 2 is 1.76 bits per heavy atom. The summed E-state index contributed by atoms with van der Waals surface area (Å²) >= 11 is 0. The lowest BCUT2D eigenvalue weighted by atomic mass is 10.2. The van der Waals surface area contributed by atoms with Gasteiger partial charge in [0.25, 0.3) is 0 Å². The Balaban J connectivity index is 2.32. The molecule has 0 fully saturated rings. The number of azo groups is 1. The fraction of sp³-hybridized carbons (Fsp3) is 0.250. The summed E-state index contributed by atoms with van der Waals surface area (Å²) in [5.74, 6) is 0. The third kappa shape index (κ3) is 2.33. The Labute approximate surface area is 98.4 Å². The number of benzene rings is 1. The van der Waals surface area contributed by atoms with Crippen LogP contribution in [0.1, 0.15) is 11.3 Å². The van der Waals surface area contributed by atoms with Crippen LogP contribution in [0.15, 0.2) is 43.8 Å². The standard InChI is InChI=1S/C12H13N3O2/c1-8-4-6-10(7-5-8)13-14-11-9(2)15(3)17-12(11)16/h4-7H,1-3H3. The van der Waals surface area contributed by atoms with Crippen molar-refractivity contribution in [1.82, 2.24) is 4.74 Å². The molecule has 0 aliphatic heterocycles. The predicted octanol–water partition coefficient (Wildman–Crippen LogP) is 3.01. The van der Waals surface area contributed by atoms with Gasteiger partial charge in [-0.3, -0.25) is 0 Å². The second-order valence-corrected chi connectivity index (χ2v) is 3.85. The Morgan fingerprint density at radius 3 is 2.29 bits per heavy atom. The fourth-order valence-electron chi connectivity index (χ4n) is 1.37. The van der Waals surface area contributed by atoms with E-state index < -0.39 is 5.63 Å². The largest absolute Gasteiger partial charge is 0.385 e. The van der Waals surface area contributed by atoms with Gasteiger partial charge in [-0.1, -0.05) is 17.7 Å². The fourth-order valence-corrected chi connectivity index (χ4v) is 1.37. The number of nitrogens with zero attached hydrogens (tertiary/aromatic N) is 3. The molecule has 0 saturated heterocycles. The third-order valence-electron chi connectivity index (χ3n) is 2.53. The van der Waals surface area contributed by atoms with Crippen LogP contribution >= 0.6 is 0 Å². The highest BCUT2D eigenvalue weighted by Crippen LogP contribution is 2.18. The summed E-state index contributed by atoms with van der Waals surface area (Å²) in [6.45, 7) is 3.76. The maximum absolute atomic E-state index is 11.4. The first kappa shape index (κ1) is 11.3. The van der Waals surface area contributed by atoms with Crippen LogP contribution in [0.25, 0.3) is 0 Å². The van der Waals surface area contributed by atoms with Crippen molar-refractivity contribution in [1.29, 1.82) is 0 Å². The van der Waals surface area contributed by atoms with E-state index in [1.165, 1.54) is 4.74 Å². The van der Waals surface area contributed by atoms with Crippen LogP contribution in [0.4, 0.5) is 11.4 Å². The van der Waals surface area contributed by atoms with E-state index in [1.54, 1.807) is 14.0 Å². The molecule has 0 N–H and O–H groups in total. The van der Waals surface area contributed by atoms with E-state index in [9.17, 15) is 4.79 Å². The van der Waals surface area contributed by atoms with Crippen molar-refractivity contribution in [2.45, 2.75) is 13.8 Å². The molecule has 0 saturated carbocycles. The maximum atomic E-state index is 11.4. The number of hydrogen-bond acceptors (Lipinski definition) is 4. The summed E-state index contributed by atoms with van der Waals surface area (Å²) in [6.07, 6.45) is 0. The molecule has 1 heterocycles. The average molecular weight is 231 g/mol. The normalized spacial score (nSPS) is 11.2. The van der Waals surface area contributed by atoms with E-state index in [0.717, 1.165) is 5.56 Å². The van der Waals surface area contributed by atoms with Crippen molar-refractivity contribution in [3.8, 4) is 0 Å². The summed E-state index contributed by atoms with van der Waals surface area (Å²) in [5.41, 5.74) is 2.29. The molecule has 17 heavy (non-hydrogen) atoms. The minimum Gasteiger partial charge on any atom is -0.334 e. The highest BCUT2D eigenvalue weighted by Gasteiger charge is 2.09. The summed E-state index contributed by atoms with van der Waals surface area (Å²) in [4.78, 5) is 11.4. The third-order valence-corrected chi connectivity index (χ3v) is 2.53. The second-order valence-electron chi connectivity index (χ2n) is 3.85. The van der Waals surface area contributed by atoms with Gasteiger partial charge in [0, 0.05) is 7.05 Å². The van der Waals surface area contributed by atoms with Gasteiger partial charge < -0.3 is 4.52 Å². The molecule has 5 heteroatoms. The summed E-state index contributed by atoms with van der Waals surface area (Å²) in [5, 5.41) is 7.93. The van der Waals surface area contributed by atoms with Gasteiger partial charge in [-0.15, -0.1) is 5.11 Å². The van der Waals surface area contributed by atoms with Crippen molar-refractivity contribution in [3.05, 3.63) is 45.9 Å². The number of hydrogen-bond donors (Lipinski definition) is 0. The molecule has 2 aromatic rings. The Kier molecular flexibility index (Phi) is 2.91. The topological polar surface area (TPSA) is 59.9 Å². The molecule has 0 unspecified atom stereocenters. The molecule has 0 aliphatic carbocycles. The van der Waals surface area contributed by atoms with E-state index in [-0.39, 0.29) is 5.69 Å². The first-order valence-electron chi connectivity index (χ1n) is 5.23.